The van der Waals surface area contributed by atoms with Crippen LogP contribution in [-0.4, -0.2) is 9.97 Å². The first-order valence-corrected chi connectivity index (χ1v) is 6.04. The van der Waals surface area contributed by atoms with Crippen LogP contribution < -0.4 is 0 Å². The van der Waals surface area contributed by atoms with Crippen molar-refractivity contribution in [3.05, 3.63) is 52.6 Å². The highest BCUT2D eigenvalue weighted by molar-refractivity contribution is 6.30. The van der Waals surface area contributed by atoms with Crippen LogP contribution in [0.15, 0.2) is 30.3 Å². The highest BCUT2D eigenvalue weighted by Gasteiger charge is 2.14. The number of imidazole rings is 1. The monoisotopic (exact) mass is 278 g/mol. The van der Waals surface area contributed by atoms with Gasteiger partial charge in [0, 0.05) is 0 Å². The molecule has 0 atom stereocenters. The van der Waals surface area contributed by atoms with Crippen LogP contribution in [0.25, 0.3) is 22.4 Å². The van der Waals surface area contributed by atoms with Gasteiger partial charge in [0.1, 0.15) is 17.5 Å². The van der Waals surface area contributed by atoms with E-state index in [9.17, 15) is 8.78 Å². The highest BCUT2D eigenvalue weighted by atomic mass is 35.5. The average Bonchev–Trinajstić information content (AvgIpc) is 2.79. The molecule has 0 unspecified atom stereocenters. The van der Waals surface area contributed by atoms with Gasteiger partial charge in [0.2, 0.25) is 0 Å². The first-order chi connectivity index (χ1) is 9.06. The molecule has 2 aromatic carbocycles. The molecule has 0 saturated carbocycles. The lowest BCUT2D eigenvalue weighted by Gasteiger charge is -2.01. The molecule has 2 nitrogen and oxygen atoms in total. The second kappa shape index (κ2) is 4.31. The van der Waals surface area contributed by atoms with Crippen LogP contribution in [0.4, 0.5) is 8.78 Å². The SMILES string of the molecule is Cc1cccc2[nH]c(-c3cc(F)c(Cl)cc3F)nc12. The topological polar surface area (TPSA) is 28.7 Å². The molecule has 0 bridgehead atoms. The molecule has 0 aliphatic carbocycles. The van der Waals surface area contributed by atoms with Crippen molar-refractivity contribution in [3.8, 4) is 11.4 Å². The molecule has 1 N–H and O–H groups in total. The Morgan fingerprint density at radius 3 is 2.68 bits per heavy atom. The summed E-state index contributed by atoms with van der Waals surface area (Å²) in [5.74, 6) is -0.990. The summed E-state index contributed by atoms with van der Waals surface area (Å²) in [6.07, 6.45) is 0. The molecule has 19 heavy (non-hydrogen) atoms. The number of aryl methyl sites for hydroxylation is 1. The van der Waals surface area contributed by atoms with Gasteiger partial charge in [0.15, 0.2) is 0 Å². The summed E-state index contributed by atoms with van der Waals surface area (Å²) in [7, 11) is 0. The standard InChI is InChI=1S/C14H9ClF2N2/c1-7-3-2-4-12-13(7)19-14(18-12)8-5-11(17)9(15)6-10(8)16/h2-6H,1H3,(H,18,19). The van der Waals surface area contributed by atoms with Gasteiger partial charge in [-0.3, -0.25) is 0 Å². The summed E-state index contributed by atoms with van der Waals surface area (Å²) in [5, 5.41) is -0.242. The van der Waals surface area contributed by atoms with Crippen LogP contribution in [0, 0.1) is 18.6 Å². The number of hydrogen-bond acceptors (Lipinski definition) is 1. The third-order valence-electron chi connectivity index (χ3n) is 2.98. The number of benzene rings is 2. The third kappa shape index (κ3) is 1.98. The predicted octanol–water partition coefficient (Wildman–Crippen LogP) is 4.47. The lowest BCUT2D eigenvalue weighted by Crippen LogP contribution is -1.89. The van der Waals surface area contributed by atoms with Gasteiger partial charge < -0.3 is 4.98 Å². The molecule has 5 heteroatoms. The largest absolute Gasteiger partial charge is 0.338 e. The molecule has 96 valence electrons. The molecule has 0 saturated heterocycles. The van der Waals surface area contributed by atoms with E-state index >= 15 is 0 Å². The summed E-state index contributed by atoms with van der Waals surface area (Å²) < 4.78 is 27.3. The fraction of sp³-hybridized carbons (Fsp3) is 0.0714. The van der Waals surface area contributed by atoms with Crippen molar-refractivity contribution in [3.63, 3.8) is 0 Å². The highest BCUT2D eigenvalue weighted by Crippen LogP contribution is 2.28. The minimum absolute atomic E-state index is 0.0671. The average molecular weight is 279 g/mol. The Kier molecular flexibility index (Phi) is 2.75. The predicted molar refractivity (Wildman–Crippen MR) is 71.2 cm³/mol. The zero-order chi connectivity index (χ0) is 13.6. The molecule has 3 aromatic rings. The molecular formula is C14H9ClF2N2. The van der Waals surface area contributed by atoms with E-state index in [4.69, 9.17) is 11.6 Å². The number of nitrogens with zero attached hydrogens (tertiary/aromatic N) is 1. The number of aromatic amines is 1. The van der Waals surface area contributed by atoms with Crippen LogP contribution in [-0.2, 0) is 0 Å². The van der Waals surface area contributed by atoms with Crippen molar-refractivity contribution in [2.75, 3.05) is 0 Å². The molecule has 0 amide bonds. The molecule has 1 aromatic heterocycles. The molecular weight excluding hydrogens is 270 g/mol. The van der Waals surface area contributed by atoms with E-state index in [0.29, 0.717) is 0 Å². The molecule has 0 spiro atoms. The van der Waals surface area contributed by atoms with Crippen LogP contribution in [0.2, 0.25) is 5.02 Å². The van der Waals surface area contributed by atoms with E-state index in [2.05, 4.69) is 9.97 Å². The quantitative estimate of drug-likeness (QED) is 0.654. The van der Waals surface area contributed by atoms with Crippen molar-refractivity contribution >= 4 is 22.6 Å². The number of hydrogen-bond donors (Lipinski definition) is 1. The van der Waals surface area contributed by atoms with Gasteiger partial charge in [-0.25, -0.2) is 13.8 Å². The minimum atomic E-state index is -0.671. The number of H-pyrrole nitrogens is 1. The number of fused-ring (bicyclic) bond motifs is 1. The maximum absolute atomic E-state index is 13.8. The number of aromatic nitrogens is 2. The Labute approximate surface area is 113 Å². The van der Waals surface area contributed by atoms with E-state index in [1.807, 2.05) is 25.1 Å². The first kappa shape index (κ1) is 12.1. The van der Waals surface area contributed by atoms with E-state index < -0.39 is 11.6 Å². The van der Waals surface area contributed by atoms with E-state index in [-0.39, 0.29) is 16.4 Å². The molecule has 0 aliphatic rings. The van der Waals surface area contributed by atoms with Crippen molar-refractivity contribution in [1.29, 1.82) is 0 Å². The molecule has 1 heterocycles. The smallest absolute Gasteiger partial charge is 0.142 e. The fourth-order valence-corrected chi connectivity index (χ4v) is 2.16. The summed E-state index contributed by atoms with van der Waals surface area (Å²) in [4.78, 5) is 7.29. The van der Waals surface area contributed by atoms with Crippen molar-refractivity contribution in [1.82, 2.24) is 9.97 Å². The number of rotatable bonds is 1. The normalized spacial score (nSPS) is 11.2. The Morgan fingerprint density at radius 2 is 1.95 bits per heavy atom. The number of nitrogens with one attached hydrogen (secondary N) is 1. The van der Waals surface area contributed by atoms with Crippen LogP contribution >= 0.6 is 11.6 Å². The van der Waals surface area contributed by atoms with E-state index in [0.717, 1.165) is 28.7 Å². The molecule has 0 radical (unpaired) electrons. The van der Waals surface area contributed by atoms with Crippen LogP contribution in [0.5, 0.6) is 0 Å². The lowest BCUT2D eigenvalue weighted by molar-refractivity contribution is 0.602. The van der Waals surface area contributed by atoms with Crippen molar-refractivity contribution in [2.24, 2.45) is 0 Å². The van der Waals surface area contributed by atoms with Crippen LogP contribution in [0.3, 0.4) is 0 Å². The Morgan fingerprint density at radius 1 is 1.16 bits per heavy atom. The van der Waals surface area contributed by atoms with Gasteiger partial charge in [0.05, 0.1) is 21.6 Å². The second-order valence-electron chi connectivity index (χ2n) is 4.30. The molecule has 0 fully saturated rings. The Bertz CT molecular complexity index is 780. The maximum Gasteiger partial charge on any atom is 0.142 e. The Balaban J connectivity index is 2.25. The van der Waals surface area contributed by atoms with Gasteiger partial charge in [-0.2, -0.15) is 0 Å². The molecule has 3 rings (SSSR count). The summed E-state index contributed by atoms with van der Waals surface area (Å²) in [6, 6.07) is 7.62. The lowest BCUT2D eigenvalue weighted by atomic mass is 10.2. The van der Waals surface area contributed by atoms with Crippen molar-refractivity contribution in [2.45, 2.75) is 6.92 Å². The van der Waals surface area contributed by atoms with Gasteiger partial charge in [-0.1, -0.05) is 23.7 Å². The van der Waals surface area contributed by atoms with Gasteiger partial charge >= 0.3 is 0 Å². The van der Waals surface area contributed by atoms with Gasteiger partial charge in [-0.15, -0.1) is 0 Å². The maximum atomic E-state index is 13.8. The Hall–Kier alpha value is -1.94. The minimum Gasteiger partial charge on any atom is -0.338 e. The zero-order valence-corrected chi connectivity index (χ0v) is 10.7. The fourth-order valence-electron chi connectivity index (χ4n) is 2.01. The summed E-state index contributed by atoms with van der Waals surface area (Å²) in [5.41, 5.74) is 2.56. The van der Waals surface area contributed by atoms with E-state index in [1.54, 1.807) is 0 Å². The van der Waals surface area contributed by atoms with Crippen LogP contribution in [0.1, 0.15) is 5.56 Å². The van der Waals surface area contributed by atoms with E-state index in [1.165, 1.54) is 0 Å². The summed E-state index contributed by atoms with van der Waals surface area (Å²) in [6.45, 7) is 1.91. The van der Waals surface area contributed by atoms with Gasteiger partial charge in [0.25, 0.3) is 0 Å². The van der Waals surface area contributed by atoms with Crippen molar-refractivity contribution < 1.29 is 8.78 Å². The number of para-hydroxylation sites is 1. The third-order valence-corrected chi connectivity index (χ3v) is 3.27. The second-order valence-corrected chi connectivity index (χ2v) is 4.71. The molecule has 0 aliphatic heterocycles. The number of halogens is 3. The summed E-state index contributed by atoms with van der Waals surface area (Å²) >= 11 is 5.53. The first-order valence-electron chi connectivity index (χ1n) is 5.66. The van der Waals surface area contributed by atoms with Gasteiger partial charge in [-0.05, 0) is 30.7 Å². The zero-order valence-electron chi connectivity index (χ0n) is 9.97.